The molecule has 39 heavy (non-hydrogen) atoms. The van der Waals surface area contributed by atoms with Crippen molar-refractivity contribution >= 4 is 17.7 Å². The minimum absolute atomic E-state index is 0.0147. The van der Waals surface area contributed by atoms with Crippen LogP contribution in [-0.4, -0.2) is 68.8 Å². The first kappa shape index (κ1) is 25.7. The lowest BCUT2D eigenvalue weighted by molar-refractivity contribution is -0.138. The average molecular weight is 544 g/mol. The Labute approximate surface area is 222 Å². The zero-order valence-corrected chi connectivity index (χ0v) is 21.1. The van der Waals surface area contributed by atoms with Crippen LogP contribution >= 0.6 is 0 Å². The minimum Gasteiger partial charge on any atom is -0.489 e. The number of rotatable bonds is 5. The van der Waals surface area contributed by atoms with E-state index in [1.165, 1.54) is 4.90 Å². The maximum Gasteiger partial charge on any atom is 0.419 e. The molecule has 0 unspecified atom stereocenters. The molecule has 3 atom stereocenters. The summed E-state index contributed by atoms with van der Waals surface area (Å²) in [6.07, 6.45) is 1.63. The predicted octanol–water partition coefficient (Wildman–Crippen LogP) is 3.05. The van der Waals surface area contributed by atoms with E-state index in [0.29, 0.717) is 36.6 Å². The molecule has 1 aromatic heterocycles. The topological polar surface area (TPSA) is 105 Å². The van der Waals surface area contributed by atoms with Crippen molar-refractivity contribution < 1.29 is 32.3 Å². The highest BCUT2D eigenvalue weighted by atomic mass is 19.4. The molecule has 206 valence electrons. The monoisotopic (exact) mass is 543 g/mol. The normalized spacial score (nSPS) is 26.3. The lowest BCUT2D eigenvalue weighted by Gasteiger charge is -2.47. The van der Waals surface area contributed by atoms with Gasteiger partial charge in [-0.05, 0) is 49.4 Å². The van der Waals surface area contributed by atoms with Gasteiger partial charge in [-0.25, -0.2) is 9.97 Å². The summed E-state index contributed by atoms with van der Waals surface area (Å²) >= 11 is 0. The smallest absolute Gasteiger partial charge is 0.419 e. The van der Waals surface area contributed by atoms with Crippen LogP contribution in [-0.2, 0) is 22.3 Å². The summed E-state index contributed by atoms with van der Waals surface area (Å²) in [7, 11) is 0. The lowest BCUT2D eigenvalue weighted by Crippen LogP contribution is -2.57. The zero-order chi connectivity index (χ0) is 27.3. The summed E-state index contributed by atoms with van der Waals surface area (Å²) in [4.78, 5) is 48.5. The Hall–Kier alpha value is -3.54. The summed E-state index contributed by atoms with van der Waals surface area (Å²) in [6.45, 7) is 1.61. The highest BCUT2D eigenvalue weighted by Crippen LogP contribution is 2.36. The van der Waals surface area contributed by atoms with E-state index >= 15 is 0 Å². The van der Waals surface area contributed by atoms with Gasteiger partial charge in [0.1, 0.15) is 23.7 Å². The van der Waals surface area contributed by atoms with Crippen molar-refractivity contribution in [2.75, 3.05) is 13.1 Å². The Morgan fingerprint density at radius 3 is 2.46 bits per heavy atom. The number of benzene rings is 1. The molecule has 6 rings (SSSR count). The number of imide groups is 1. The number of likely N-dealkylation sites (tertiary alicyclic amines) is 1. The Kier molecular flexibility index (Phi) is 6.52. The highest BCUT2D eigenvalue weighted by molar-refractivity contribution is 6.05. The van der Waals surface area contributed by atoms with Crippen molar-refractivity contribution in [1.82, 2.24) is 25.1 Å². The van der Waals surface area contributed by atoms with Gasteiger partial charge in [-0.1, -0.05) is 6.42 Å². The van der Waals surface area contributed by atoms with Gasteiger partial charge >= 0.3 is 6.18 Å². The summed E-state index contributed by atoms with van der Waals surface area (Å²) in [5, 5.41) is 2.31. The molecule has 4 aliphatic rings. The van der Waals surface area contributed by atoms with Crippen molar-refractivity contribution in [3.8, 4) is 5.75 Å². The van der Waals surface area contributed by atoms with E-state index in [9.17, 15) is 27.6 Å². The van der Waals surface area contributed by atoms with E-state index < -0.39 is 23.7 Å². The molecule has 0 bridgehead atoms. The minimum atomic E-state index is -4.45. The highest BCUT2D eigenvalue weighted by Gasteiger charge is 2.42. The number of halogens is 3. The molecule has 1 aromatic carbocycles. The molecule has 12 heteroatoms. The number of piperidine rings is 1. The number of fused-ring (bicyclic) bond motifs is 1. The van der Waals surface area contributed by atoms with Gasteiger partial charge in [0.15, 0.2) is 0 Å². The molecular formula is C27H28F3N5O4. The first-order valence-corrected chi connectivity index (χ1v) is 13.2. The summed E-state index contributed by atoms with van der Waals surface area (Å²) in [5.41, 5.74) is 0.479. The van der Waals surface area contributed by atoms with E-state index in [0.717, 1.165) is 43.6 Å². The first-order chi connectivity index (χ1) is 18.7. The van der Waals surface area contributed by atoms with E-state index in [1.807, 2.05) is 6.07 Å². The molecule has 3 fully saturated rings. The molecule has 0 spiro atoms. The van der Waals surface area contributed by atoms with Gasteiger partial charge in [-0.2, -0.15) is 13.2 Å². The number of ether oxygens (including phenoxy) is 1. The Morgan fingerprint density at radius 2 is 1.74 bits per heavy atom. The number of aromatic nitrogens is 2. The lowest BCUT2D eigenvalue weighted by atomic mass is 9.86. The molecule has 1 N–H and O–H groups in total. The second-order valence-corrected chi connectivity index (χ2v) is 10.7. The largest absolute Gasteiger partial charge is 0.489 e. The van der Waals surface area contributed by atoms with E-state index in [4.69, 9.17) is 4.74 Å². The van der Waals surface area contributed by atoms with E-state index in [-0.39, 0.29) is 42.8 Å². The van der Waals surface area contributed by atoms with E-state index in [2.05, 4.69) is 20.2 Å². The fourth-order valence-corrected chi connectivity index (χ4v) is 6.07. The van der Waals surface area contributed by atoms with Crippen LogP contribution in [0.25, 0.3) is 0 Å². The van der Waals surface area contributed by atoms with Crippen molar-refractivity contribution in [2.45, 2.75) is 75.4 Å². The molecule has 2 aromatic rings. The Bertz CT molecular complexity index is 1300. The van der Waals surface area contributed by atoms with Gasteiger partial charge in [0, 0.05) is 56.0 Å². The fourth-order valence-electron chi connectivity index (χ4n) is 6.07. The molecule has 1 aliphatic carbocycles. The van der Waals surface area contributed by atoms with Gasteiger partial charge in [0.25, 0.3) is 5.91 Å². The molecule has 3 amide bonds. The van der Waals surface area contributed by atoms with Gasteiger partial charge in [0.2, 0.25) is 11.8 Å². The van der Waals surface area contributed by atoms with Crippen LogP contribution in [0.15, 0.2) is 30.6 Å². The summed E-state index contributed by atoms with van der Waals surface area (Å²) < 4.78 is 44.9. The predicted molar refractivity (Wildman–Crippen MR) is 131 cm³/mol. The van der Waals surface area contributed by atoms with Crippen LogP contribution in [0.4, 0.5) is 13.2 Å². The molecule has 4 heterocycles. The third-order valence-electron chi connectivity index (χ3n) is 8.19. The number of nitrogens with one attached hydrogen (secondary N) is 1. The second-order valence-electron chi connectivity index (χ2n) is 10.7. The molecule has 2 saturated heterocycles. The number of hydrogen-bond acceptors (Lipinski definition) is 7. The molecule has 0 radical (unpaired) electrons. The number of nitrogens with zero attached hydrogens (tertiary/aromatic N) is 4. The Balaban J connectivity index is 1.09. The summed E-state index contributed by atoms with van der Waals surface area (Å²) in [5.74, 6) is 0.0861. The maximum absolute atomic E-state index is 13.0. The molecule has 3 aliphatic heterocycles. The van der Waals surface area contributed by atoms with Gasteiger partial charge in [0.05, 0.1) is 5.56 Å². The molecular weight excluding hydrogens is 515 g/mol. The molecule has 9 nitrogen and oxygen atoms in total. The number of carbonyl (C=O) groups is 3. The third kappa shape index (κ3) is 4.97. The number of alkyl halides is 3. The quantitative estimate of drug-likeness (QED) is 0.578. The van der Waals surface area contributed by atoms with Crippen LogP contribution < -0.4 is 10.1 Å². The number of amides is 3. The summed E-state index contributed by atoms with van der Waals surface area (Å²) in [6, 6.07) is 4.88. The van der Waals surface area contributed by atoms with Crippen LogP contribution in [0, 0.1) is 0 Å². The van der Waals surface area contributed by atoms with Crippen molar-refractivity contribution in [3.05, 3.63) is 53.1 Å². The maximum atomic E-state index is 13.0. The van der Waals surface area contributed by atoms with Gasteiger partial charge in [-0.3, -0.25) is 24.6 Å². The number of hydrogen-bond donors (Lipinski definition) is 1. The standard InChI is InChI=1S/C27H28F3N5O4/c28-27(29,30)17-10-31-24(32-11-17)16-12-34(13-16)20-3-1-2-4-22(20)39-18-5-6-19-15(9-18)14-35(26(19)38)21-7-8-23(36)33-25(21)37/h5-6,9-11,16,20-22H,1-4,7-8,12-14H2,(H,33,36,37)/t20-,21+,22-/m1/s1. The van der Waals surface area contributed by atoms with Crippen LogP contribution in [0.1, 0.15) is 71.8 Å². The van der Waals surface area contributed by atoms with Crippen LogP contribution in [0.3, 0.4) is 0 Å². The van der Waals surface area contributed by atoms with Crippen molar-refractivity contribution in [2.24, 2.45) is 0 Å². The van der Waals surface area contributed by atoms with Gasteiger partial charge < -0.3 is 9.64 Å². The second kappa shape index (κ2) is 9.89. The van der Waals surface area contributed by atoms with Crippen LogP contribution in [0.5, 0.6) is 5.75 Å². The van der Waals surface area contributed by atoms with E-state index in [1.54, 1.807) is 12.1 Å². The molecule has 1 saturated carbocycles. The SMILES string of the molecule is O=C1CC[C@H](N2Cc3cc(O[C@@H]4CCCC[C@H]4N4CC(c5ncc(C(F)(F)F)cn5)C4)ccc3C2=O)C(=O)N1. The number of carbonyl (C=O) groups excluding carboxylic acids is 3. The van der Waals surface area contributed by atoms with Crippen molar-refractivity contribution in [3.63, 3.8) is 0 Å². The zero-order valence-electron chi connectivity index (χ0n) is 21.1. The van der Waals surface area contributed by atoms with Crippen molar-refractivity contribution in [1.29, 1.82) is 0 Å². The first-order valence-electron chi connectivity index (χ1n) is 13.2. The third-order valence-corrected chi connectivity index (χ3v) is 8.19. The average Bonchev–Trinajstić information content (AvgIpc) is 3.19. The van der Waals surface area contributed by atoms with Crippen LogP contribution in [0.2, 0.25) is 0 Å². The Morgan fingerprint density at radius 1 is 1.00 bits per heavy atom. The van der Waals surface area contributed by atoms with Gasteiger partial charge in [-0.15, -0.1) is 0 Å². The fraction of sp³-hybridized carbons (Fsp3) is 0.519.